The van der Waals surface area contributed by atoms with Gasteiger partial charge in [0.1, 0.15) is 30.0 Å². The fourth-order valence-electron chi connectivity index (χ4n) is 6.10. The fraction of sp³-hybridized carbons (Fsp3) is 0.800. The van der Waals surface area contributed by atoms with Gasteiger partial charge in [-0.1, -0.05) is 81.4 Å². The third-order valence-electron chi connectivity index (χ3n) is 9.90. The zero-order valence-electron chi connectivity index (χ0n) is 35.2. The molecule has 0 bridgehead atoms. The van der Waals surface area contributed by atoms with Gasteiger partial charge in [0.25, 0.3) is 0 Å². The van der Waals surface area contributed by atoms with Crippen LogP contribution in [0.15, 0.2) is 12.2 Å². The highest BCUT2D eigenvalue weighted by Crippen LogP contribution is 2.23. The number of rotatable bonds is 22. The summed E-state index contributed by atoms with van der Waals surface area (Å²) in [5.74, 6) is -3.13. The summed E-state index contributed by atoms with van der Waals surface area (Å²) in [5, 5.41) is 14.6. The van der Waals surface area contributed by atoms with Gasteiger partial charge in [-0.2, -0.15) is 0 Å². The second-order valence-corrected chi connectivity index (χ2v) is 16.1. The predicted molar refractivity (Wildman–Crippen MR) is 207 cm³/mol. The Balaban J connectivity index is 6.75. The normalized spacial score (nSPS) is 15.4. The number of allylic oxidation sites excluding steroid dienone is 2. The zero-order valence-corrected chi connectivity index (χ0v) is 35.2. The van der Waals surface area contributed by atoms with Gasteiger partial charge in [0.05, 0.1) is 6.10 Å². The number of Topliss-reactive ketones (excluding diaryl/α,β-unsaturated/α-hetero) is 1. The lowest BCUT2D eigenvalue weighted by Crippen LogP contribution is -2.63. The van der Waals surface area contributed by atoms with Crippen LogP contribution in [0.3, 0.4) is 0 Å². The van der Waals surface area contributed by atoms with Crippen LogP contribution in [0.4, 0.5) is 0 Å². The number of amides is 5. The van der Waals surface area contributed by atoms with E-state index in [0.717, 1.165) is 0 Å². The number of aliphatic hydroxyl groups excluding tert-OH is 1. The van der Waals surface area contributed by atoms with Gasteiger partial charge in [0.15, 0.2) is 0 Å². The Hall–Kier alpha value is -3.28. The summed E-state index contributed by atoms with van der Waals surface area (Å²) in [6, 6.07) is -4.22. The molecular weight excluding hydrogens is 662 g/mol. The number of ketones is 1. The molecule has 0 radical (unpaired) electrons. The molecule has 0 saturated carbocycles. The largest absolute Gasteiger partial charge is 0.390 e. The Morgan fingerprint density at radius 3 is 1.63 bits per heavy atom. The quantitative estimate of drug-likeness (QED) is 0.155. The first kappa shape index (κ1) is 48.7. The standard InChI is InChI=1S/C40H73N5O7/c1-17-30(38(50)42(13)28(10)11)41-36(48)34(35(47)29(12)21-19-18-20-22-32(46)25(4)5)45(16)40(52)33(26(6)7)44(15)39(51)31(23-24(2)3)43(14)37(49)27(8)9/h18-19,24-31,33-35,47H,17,20-23H2,1-16H3,(H,41,48)/b19-18+. The highest BCUT2D eigenvalue weighted by molar-refractivity contribution is 5.96. The van der Waals surface area contributed by atoms with Crippen molar-refractivity contribution in [1.29, 1.82) is 0 Å². The van der Waals surface area contributed by atoms with Gasteiger partial charge in [-0.05, 0) is 57.3 Å². The molecular formula is C40H73N5O7. The molecule has 0 aliphatic rings. The van der Waals surface area contributed by atoms with Crippen molar-refractivity contribution in [2.75, 3.05) is 28.2 Å². The Morgan fingerprint density at radius 2 is 1.19 bits per heavy atom. The molecule has 0 aliphatic heterocycles. The first-order chi connectivity index (χ1) is 23.9. The van der Waals surface area contributed by atoms with E-state index >= 15 is 0 Å². The molecule has 0 aromatic rings. The minimum Gasteiger partial charge on any atom is -0.390 e. The van der Waals surface area contributed by atoms with E-state index < -0.39 is 59.8 Å². The van der Waals surface area contributed by atoms with E-state index in [0.29, 0.717) is 32.1 Å². The average molecular weight is 736 g/mol. The van der Waals surface area contributed by atoms with Gasteiger partial charge in [0, 0.05) is 52.5 Å². The van der Waals surface area contributed by atoms with Crippen LogP contribution < -0.4 is 5.32 Å². The number of carbonyl (C=O) groups is 6. The lowest BCUT2D eigenvalue weighted by Gasteiger charge is -2.41. The summed E-state index contributed by atoms with van der Waals surface area (Å²) >= 11 is 0. The van der Waals surface area contributed by atoms with Crippen molar-refractivity contribution >= 4 is 35.3 Å². The van der Waals surface area contributed by atoms with Crippen molar-refractivity contribution in [3.8, 4) is 0 Å². The van der Waals surface area contributed by atoms with Gasteiger partial charge in [-0.25, -0.2) is 0 Å². The molecule has 12 nitrogen and oxygen atoms in total. The van der Waals surface area contributed by atoms with Gasteiger partial charge in [0.2, 0.25) is 29.5 Å². The molecule has 0 rings (SSSR count). The Labute approximate surface area is 315 Å². The van der Waals surface area contributed by atoms with E-state index in [9.17, 15) is 33.9 Å². The van der Waals surface area contributed by atoms with Crippen LogP contribution in [0.5, 0.6) is 0 Å². The summed E-state index contributed by atoms with van der Waals surface area (Å²) in [5.41, 5.74) is 0. The number of likely N-dealkylation sites (N-methyl/N-ethyl adjacent to an activating group) is 4. The maximum atomic E-state index is 14.5. The van der Waals surface area contributed by atoms with Crippen molar-refractivity contribution < 1.29 is 33.9 Å². The molecule has 0 spiro atoms. The molecule has 2 N–H and O–H groups in total. The van der Waals surface area contributed by atoms with Crippen LogP contribution in [0.1, 0.15) is 115 Å². The molecule has 300 valence electrons. The van der Waals surface area contributed by atoms with Gasteiger partial charge in [-0.3, -0.25) is 28.8 Å². The first-order valence-corrected chi connectivity index (χ1v) is 19.2. The molecule has 0 aromatic heterocycles. The van der Waals surface area contributed by atoms with Gasteiger partial charge in [-0.15, -0.1) is 0 Å². The van der Waals surface area contributed by atoms with Crippen LogP contribution in [-0.2, 0) is 28.8 Å². The minimum absolute atomic E-state index is 0.0471. The SMILES string of the molecule is CCC(NC(=O)C(C(O)C(C)C/C=C/CCC(=O)C(C)C)N(C)C(=O)C(C(C)C)N(C)C(=O)C(CC(C)C)N(C)C(=O)C(C)C)C(=O)N(C)C(C)C. The molecule has 52 heavy (non-hydrogen) atoms. The van der Waals surface area contributed by atoms with Crippen LogP contribution in [0.25, 0.3) is 0 Å². The predicted octanol–water partition coefficient (Wildman–Crippen LogP) is 4.54. The summed E-state index contributed by atoms with van der Waals surface area (Å²) < 4.78 is 0. The van der Waals surface area contributed by atoms with E-state index in [1.165, 1.54) is 33.7 Å². The van der Waals surface area contributed by atoms with Crippen LogP contribution in [-0.4, -0.2) is 125 Å². The molecule has 0 fully saturated rings. The van der Waals surface area contributed by atoms with Gasteiger partial charge >= 0.3 is 0 Å². The maximum absolute atomic E-state index is 14.5. The van der Waals surface area contributed by atoms with E-state index in [1.54, 1.807) is 55.6 Å². The average Bonchev–Trinajstić information content (AvgIpc) is 3.06. The number of hydrogen-bond acceptors (Lipinski definition) is 7. The zero-order chi connectivity index (χ0) is 40.8. The second-order valence-electron chi connectivity index (χ2n) is 16.1. The van der Waals surface area contributed by atoms with Crippen LogP contribution >= 0.6 is 0 Å². The van der Waals surface area contributed by atoms with Gasteiger partial charge < -0.3 is 30.0 Å². The number of aliphatic hydroxyl groups is 1. The molecule has 0 aromatic carbocycles. The molecule has 0 saturated heterocycles. The molecule has 5 amide bonds. The van der Waals surface area contributed by atoms with Crippen molar-refractivity contribution in [3.05, 3.63) is 12.2 Å². The van der Waals surface area contributed by atoms with E-state index in [1.807, 2.05) is 53.7 Å². The molecule has 6 atom stereocenters. The lowest BCUT2D eigenvalue weighted by molar-refractivity contribution is -0.156. The third-order valence-corrected chi connectivity index (χ3v) is 9.90. The fourth-order valence-corrected chi connectivity index (χ4v) is 6.10. The summed E-state index contributed by atoms with van der Waals surface area (Å²) in [7, 11) is 6.24. The van der Waals surface area contributed by atoms with E-state index in [2.05, 4.69) is 5.32 Å². The smallest absolute Gasteiger partial charge is 0.246 e. The molecule has 0 aliphatic carbocycles. The summed E-state index contributed by atoms with van der Waals surface area (Å²) in [4.78, 5) is 86.7. The lowest BCUT2D eigenvalue weighted by atomic mass is 9.91. The highest BCUT2D eigenvalue weighted by Gasteiger charge is 2.43. The topological polar surface area (TPSA) is 148 Å². The Kier molecular flexibility index (Phi) is 21.3. The Bertz CT molecular complexity index is 1210. The first-order valence-electron chi connectivity index (χ1n) is 19.2. The third kappa shape index (κ3) is 14.3. The van der Waals surface area contributed by atoms with E-state index in [4.69, 9.17) is 0 Å². The summed E-state index contributed by atoms with van der Waals surface area (Å²) in [6.45, 7) is 22.1. The van der Waals surface area contributed by atoms with Crippen molar-refractivity contribution in [2.24, 2.45) is 29.6 Å². The van der Waals surface area contributed by atoms with Crippen LogP contribution in [0, 0.1) is 29.6 Å². The maximum Gasteiger partial charge on any atom is 0.246 e. The van der Waals surface area contributed by atoms with Crippen molar-refractivity contribution in [2.45, 2.75) is 152 Å². The van der Waals surface area contributed by atoms with Crippen molar-refractivity contribution in [1.82, 2.24) is 24.9 Å². The number of hydrogen-bond donors (Lipinski definition) is 2. The number of carbonyl (C=O) groups excluding carboxylic acids is 6. The number of nitrogens with one attached hydrogen (secondary N) is 1. The second kappa shape index (κ2) is 22.7. The Morgan fingerprint density at radius 1 is 0.654 bits per heavy atom. The monoisotopic (exact) mass is 736 g/mol. The molecule has 0 heterocycles. The molecule has 12 heteroatoms. The van der Waals surface area contributed by atoms with E-state index in [-0.39, 0.29) is 41.4 Å². The molecule has 6 unspecified atom stereocenters. The summed E-state index contributed by atoms with van der Waals surface area (Å²) in [6.07, 6.45) is 4.42. The van der Waals surface area contributed by atoms with Crippen LogP contribution in [0.2, 0.25) is 0 Å². The number of nitrogens with zero attached hydrogens (tertiary/aromatic N) is 4. The highest BCUT2D eigenvalue weighted by atomic mass is 16.3. The minimum atomic E-state index is -1.40. The van der Waals surface area contributed by atoms with Crippen molar-refractivity contribution in [3.63, 3.8) is 0 Å².